The van der Waals surface area contributed by atoms with Gasteiger partial charge in [0.25, 0.3) is 0 Å². The predicted molar refractivity (Wildman–Crippen MR) is 220 cm³/mol. The lowest BCUT2D eigenvalue weighted by atomic mass is 10.0. The second-order valence-electron chi connectivity index (χ2n) is 16.3. The van der Waals surface area contributed by atoms with E-state index in [-0.39, 0.29) is 0 Å². The number of imide groups is 1. The Kier molecular flexibility index (Phi) is 13.8. The van der Waals surface area contributed by atoms with Gasteiger partial charge in [0.1, 0.15) is 23.3 Å². The Bertz CT molecular complexity index is 2040. The van der Waals surface area contributed by atoms with Crippen molar-refractivity contribution in [3.8, 4) is 22.6 Å². The van der Waals surface area contributed by atoms with Crippen molar-refractivity contribution in [2.75, 3.05) is 16.8 Å². The Morgan fingerprint density at radius 1 is 0.684 bits per heavy atom. The average Bonchev–Trinajstić information content (AvgIpc) is 3.09. The molecular weight excluding hydrogens is 727 g/mol. The Balaban J connectivity index is 1.64. The molecule has 0 fully saturated rings. The molecular formula is C43H53N7O7. The van der Waals surface area contributed by atoms with E-state index in [0.717, 1.165) is 23.4 Å². The van der Waals surface area contributed by atoms with E-state index in [4.69, 9.17) is 35.3 Å². The van der Waals surface area contributed by atoms with Crippen molar-refractivity contribution < 1.29 is 33.4 Å². The van der Waals surface area contributed by atoms with Crippen LogP contribution in [0.15, 0.2) is 84.9 Å². The third-order valence-corrected chi connectivity index (χ3v) is 7.69. The van der Waals surface area contributed by atoms with Gasteiger partial charge in [-0.15, -0.1) is 0 Å². The van der Waals surface area contributed by atoms with Crippen LogP contribution in [0.4, 0.5) is 25.8 Å². The summed E-state index contributed by atoms with van der Waals surface area (Å²) in [4.78, 5) is 63.6. The molecule has 1 aromatic heterocycles. The molecule has 4 aromatic rings. The number of nitrogens with zero attached hydrogens (tertiary/aromatic N) is 4. The molecule has 0 unspecified atom stereocenters. The highest BCUT2D eigenvalue weighted by molar-refractivity contribution is 6.12. The molecule has 3 aromatic carbocycles. The topological polar surface area (TPSA) is 190 Å². The summed E-state index contributed by atoms with van der Waals surface area (Å²) in [7, 11) is 0. The minimum absolute atomic E-state index is 0.346. The van der Waals surface area contributed by atoms with E-state index < -0.39 is 53.5 Å². The molecule has 0 aliphatic carbocycles. The molecule has 0 atom stereocenters. The zero-order valence-electron chi connectivity index (χ0n) is 34.1. The lowest BCUT2D eigenvalue weighted by Crippen LogP contribution is -2.46. The van der Waals surface area contributed by atoms with Crippen LogP contribution in [-0.2, 0) is 31.8 Å². The zero-order valence-corrected chi connectivity index (χ0v) is 34.1. The van der Waals surface area contributed by atoms with Gasteiger partial charge in [-0.1, -0.05) is 54.6 Å². The molecule has 14 heteroatoms. The van der Waals surface area contributed by atoms with Gasteiger partial charge in [-0.3, -0.25) is 10.2 Å². The van der Waals surface area contributed by atoms with Gasteiger partial charge >= 0.3 is 18.3 Å². The first-order valence-electron chi connectivity index (χ1n) is 18.6. The highest BCUT2D eigenvalue weighted by Gasteiger charge is 2.33. The van der Waals surface area contributed by atoms with Crippen molar-refractivity contribution in [2.24, 2.45) is 5.73 Å². The molecule has 0 radical (unpaired) electrons. The Morgan fingerprint density at radius 3 is 1.82 bits per heavy atom. The van der Waals surface area contributed by atoms with Gasteiger partial charge in [0, 0.05) is 22.5 Å². The van der Waals surface area contributed by atoms with Gasteiger partial charge in [0.05, 0.1) is 11.4 Å². The molecule has 4 amide bonds. The summed E-state index contributed by atoms with van der Waals surface area (Å²) in [6.07, 6.45) is -0.490. The summed E-state index contributed by atoms with van der Waals surface area (Å²) in [5, 5.41) is 10.8. The van der Waals surface area contributed by atoms with E-state index in [0.29, 0.717) is 45.3 Å². The van der Waals surface area contributed by atoms with Gasteiger partial charge < -0.3 is 25.3 Å². The molecule has 0 spiro atoms. The number of anilines is 2. The summed E-state index contributed by atoms with van der Waals surface area (Å²) >= 11 is 0. The molecule has 4 rings (SSSR count). The third kappa shape index (κ3) is 13.7. The maximum Gasteiger partial charge on any atom is 0.421 e. The fourth-order valence-corrected chi connectivity index (χ4v) is 5.37. The van der Waals surface area contributed by atoms with E-state index >= 15 is 0 Å². The Labute approximate surface area is 334 Å². The molecule has 0 aliphatic rings. The van der Waals surface area contributed by atoms with E-state index in [1.54, 1.807) is 105 Å². The normalized spacial score (nSPS) is 11.6. The number of carbonyl (C=O) groups excluding carboxylic acids is 4. The summed E-state index contributed by atoms with van der Waals surface area (Å²) in [5.41, 5.74) is 7.78. The number of ether oxygens (including phenoxy) is 3. The van der Waals surface area contributed by atoms with Crippen molar-refractivity contribution in [3.05, 3.63) is 96.2 Å². The fraction of sp³-hybridized carbons (Fsp3) is 0.372. The number of carbonyl (C=O) groups is 4. The van der Waals surface area contributed by atoms with Crippen LogP contribution in [0, 0.1) is 5.41 Å². The maximum atomic E-state index is 13.3. The molecule has 4 N–H and O–H groups in total. The fourth-order valence-electron chi connectivity index (χ4n) is 5.37. The molecule has 57 heavy (non-hydrogen) atoms. The summed E-state index contributed by atoms with van der Waals surface area (Å²) in [6, 6.07) is 25.8. The largest absolute Gasteiger partial charge is 0.443 e. The van der Waals surface area contributed by atoms with Gasteiger partial charge in [-0.25, -0.2) is 34.2 Å². The monoisotopic (exact) mass is 779 g/mol. The van der Waals surface area contributed by atoms with E-state index in [2.05, 4.69) is 17.4 Å². The van der Waals surface area contributed by atoms with Crippen molar-refractivity contribution in [2.45, 2.75) is 98.4 Å². The zero-order chi connectivity index (χ0) is 42.1. The molecule has 1 heterocycles. The first kappa shape index (κ1) is 43.4. The first-order chi connectivity index (χ1) is 26.6. The second-order valence-corrected chi connectivity index (χ2v) is 16.3. The molecule has 302 valence electrons. The summed E-state index contributed by atoms with van der Waals surface area (Å²) in [6.45, 7) is 14.4. The smallest absolute Gasteiger partial charge is 0.421 e. The number of aromatic nitrogens is 2. The van der Waals surface area contributed by atoms with Gasteiger partial charge in [0.2, 0.25) is 11.9 Å². The van der Waals surface area contributed by atoms with Crippen LogP contribution in [0.3, 0.4) is 0 Å². The van der Waals surface area contributed by atoms with Crippen molar-refractivity contribution in [3.63, 3.8) is 0 Å². The number of nitrogens with two attached hydrogens (primary N) is 1. The SMILES string of the molecule is CC(C)(C)OC(=O)N(CC(=O)Nc1cccc(-c2nc(CCCc3ccccc3)cc(-c3ccc(N(C(=N)N)C(=O)OC(C)(C)C)cc3)n2)c1)C(=O)OC(C)(C)C. The Hall–Kier alpha value is -6.31. The highest BCUT2D eigenvalue weighted by atomic mass is 16.6. The first-order valence-corrected chi connectivity index (χ1v) is 18.6. The van der Waals surface area contributed by atoms with E-state index in [1.807, 2.05) is 30.3 Å². The summed E-state index contributed by atoms with van der Waals surface area (Å²) < 4.78 is 16.2. The Morgan fingerprint density at radius 2 is 1.26 bits per heavy atom. The minimum Gasteiger partial charge on any atom is -0.443 e. The third-order valence-electron chi connectivity index (χ3n) is 7.69. The molecule has 0 saturated heterocycles. The maximum absolute atomic E-state index is 13.3. The number of guanidine groups is 1. The van der Waals surface area contributed by atoms with Gasteiger partial charge in [-0.2, -0.15) is 0 Å². The van der Waals surface area contributed by atoms with Crippen molar-refractivity contribution >= 4 is 41.5 Å². The van der Waals surface area contributed by atoms with E-state index in [1.165, 1.54) is 5.56 Å². The number of hydrogen-bond acceptors (Lipinski definition) is 10. The molecule has 0 saturated carbocycles. The van der Waals surface area contributed by atoms with Crippen LogP contribution >= 0.6 is 0 Å². The van der Waals surface area contributed by atoms with Gasteiger partial charge in [-0.05, 0) is 117 Å². The lowest BCUT2D eigenvalue weighted by molar-refractivity contribution is -0.117. The van der Waals surface area contributed by atoms with E-state index in [9.17, 15) is 19.2 Å². The number of rotatable bonds is 10. The van der Waals surface area contributed by atoms with Crippen LogP contribution < -0.4 is 16.0 Å². The minimum atomic E-state index is -1.02. The van der Waals surface area contributed by atoms with Crippen LogP contribution in [0.5, 0.6) is 0 Å². The van der Waals surface area contributed by atoms with Crippen LogP contribution in [0.25, 0.3) is 22.6 Å². The number of aryl methyl sites for hydroxylation is 2. The second kappa shape index (κ2) is 18.1. The lowest BCUT2D eigenvalue weighted by Gasteiger charge is -2.28. The molecule has 0 aliphatic heterocycles. The molecule has 14 nitrogen and oxygen atoms in total. The standard InChI is InChI=1S/C43H53N7O7/c1-41(2,3)55-38(52)49(39(53)56-42(4,5)6)27-35(51)46-31-20-14-18-30(25-31)36-47-32(19-13-17-28-15-11-10-12-16-28)26-34(48-36)29-21-23-33(24-22-29)50(37(44)45)40(54)57-43(7,8)9/h10-12,14-16,18,20-26H,13,17,19,27H2,1-9H3,(H3,44,45)(H,46,51). The number of amides is 4. The quantitative estimate of drug-likeness (QED) is 0.0797. The number of benzene rings is 3. The van der Waals surface area contributed by atoms with Crippen molar-refractivity contribution in [1.82, 2.24) is 14.9 Å². The number of nitrogens with one attached hydrogen (secondary N) is 2. The van der Waals surface area contributed by atoms with Gasteiger partial charge in [0.15, 0.2) is 5.82 Å². The predicted octanol–water partition coefficient (Wildman–Crippen LogP) is 8.73. The van der Waals surface area contributed by atoms with Crippen molar-refractivity contribution in [1.29, 1.82) is 5.41 Å². The highest BCUT2D eigenvalue weighted by Crippen LogP contribution is 2.28. The van der Waals surface area contributed by atoms with Crippen LogP contribution in [0.2, 0.25) is 0 Å². The summed E-state index contributed by atoms with van der Waals surface area (Å²) in [5.74, 6) is -0.756. The van der Waals surface area contributed by atoms with Crippen LogP contribution in [0.1, 0.15) is 80.0 Å². The number of hydrogen-bond donors (Lipinski definition) is 3. The average molecular weight is 780 g/mol. The molecule has 0 bridgehead atoms. The van der Waals surface area contributed by atoms with Crippen LogP contribution in [-0.4, -0.2) is 68.4 Å².